The van der Waals surface area contributed by atoms with Crippen molar-refractivity contribution >= 4 is 23.3 Å². The average Bonchev–Trinajstić information content (AvgIpc) is 2.76. The normalized spacial score (nSPS) is 11.0. The first-order chi connectivity index (χ1) is 14.6. The molecule has 1 heterocycles. The zero-order chi connectivity index (χ0) is 21.2. The lowest BCUT2D eigenvalue weighted by Gasteiger charge is -2.09. The summed E-state index contributed by atoms with van der Waals surface area (Å²) in [6.45, 7) is 0.219. The minimum Gasteiger partial charge on any atom is -0.438 e. The van der Waals surface area contributed by atoms with Gasteiger partial charge in [0.05, 0.1) is 5.56 Å². The third kappa shape index (κ3) is 6.49. The van der Waals surface area contributed by atoms with E-state index in [-0.39, 0.29) is 18.3 Å². The molecule has 0 spiro atoms. The summed E-state index contributed by atoms with van der Waals surface area (Å²) in [6.07, 6.45) is 2.27. The maximum atomic E-state index is 11.9. The SMILES string of the molecule is N/C(=N/OCC(=O)NCCc1ccc(Cl)cc1)c1cccnc1Oc1ccccc1. The number of hydrogen-bond acceptors (Lipinski definition) is 5. The predicted molar refractivity (Wildman–Crippen MR) is 116 cm³/mol. The van der Waals surface area contributed by atoms with Gasteiger partial charge < -0.3 is 20.6 Å². The standard InChI is InChI=1S/C22H21ClN4O3/c23-17-10-8-16(9-11-17)12-14-25-20(28)15-29-27-21(24)19-7-4-13-26-22(19)30-18-5-2-1-3-6-18/h1-11,13H,12,14-15H2,(H2,24,27)(H,25,28). The monoisotopic (exact) mass is 424 g/mol. The molecule has 0 aliphatic carbocycles. The summed E-state index contributed by atoms with van der Waals surface area (Å²) in [5.74, 6) is 0.669. The fourth-order valence-corrected chi connectivity index (χ4v) is 2.65. The van der Waals surface area contributed by atoms with Crippen molar-refractivity contribution in [1.29, 1.82) is 0 Å². The predicted octanol–water partition coefficient (Wildman–Crippen LogP) is 3.52. The molecule has 30 heavy (non-hydrogen) atoms. The number of carbonyl (C=O) groups excluding carboxylic acids is 1. The van der Waals surface area contributed by atoms with E-state index in [1.54, 1.807) is 30.5 Å². The Kier molecular flexibility index (Phi) is 7.63. The summed E-state index contributed by atoms with van der Waals surface area (Å²) in [5, 5.41) is 7.25. The van der Waals surface area contributed by atoms with E-state index >= 15 is 0 Å². The molecule has 154 valence electrons. The van der Waals surface area contributed by atoms with Crippen molar-refractivity contribution in [3.05, 3.63) is 89.1 Å². The Morgan fingerprint density at radius 2 is 1.83 bits per heavy atom. The number of amides is 1. The van der Waals surface area contributed by atoms with Crippen LogP contribution >= 0.6 is 11.6 Å². The third-order valence-corrected chi connectivity index (χ3v) is 4.26. The molecule has 0 unspecified atom stereocenters. The van der Waals surface area contributed by atoms with E-state index in [2.05, 4.69) is 15.5 Å². The third-order valence-electron chi connectivity index (χ3n) is 4.01. The smallest absolute Gasteiger partial charge is 0.260 e. The Morgan fingerprint density at radius 1 is 1.07 bits per heavy atom. The van der Waals surface area contributed by atoms with E-state index in [1.807, 2.05) is 42.5 Å². The molecule has 0 saturated heterocycles. The fourth-order valence-electron chi connectivity index (χ4n) is 2.53. The van der Waals surface area contributed by atoms with Gasteiger partial charge in [0.2, 0.25) is 5.88 Å². The first kappa shape index (κ1) is 21.1. The maximum absolute atomic E-state index is 11.9. The van der Waals surface area contributed by atoms with Crippen molar-refractivity contribution in [2.24, 2.45) is 10.9 Å². The van der Waals surface area contributed by atoms with E-state index in [9.17, 15) is 4.79 Å². The van der Waals surface area contributed by atoms with E-state index in [4.69, 9.17) is 26.9 Å². The number of nitrogens with one attached hydrogen (secondary N) is 1. The topological polar surface area (TPSA) is 98.8 Å². The maximum Gasteiger partial charge on any atom is 0.260 e. The number of carbonyl (C=O) groups is 1. The van der Waals surface area contributed by atoms with Gasteiger partial charge in [-0.1, -0.05) is 47.1 Å². The van der Waals surface area contributed by atoms with Crippen LogP contribution in [0.4, 0.5) is 0 Å². The second-order valence-electron chi connectivity index (χ2n) is 6.25. The number of pyridine rings is 1. The van der Waals surface area contributed by atoms with Crippen LogP contribution in [0.1, 0.15) is 11.1 Å². The van der Waals surface area contributed by atoms with Gasteiger partial charge in [-0.05, 0) is 48.4 Å². The molecule has 0 atom stereocenters. The van der Waals surface area contributed by atoms with Crippen LogP contribution in [0.15, 0.2) is 78.1 Å². The number of nitrogens with zero attached hydrogens (tertiary/aromatic N) is 2. The largest absolute Gasteiger partial charge is 0.438 e. The quantitative estimate of drug-likeness (QED) is 0.311. The zero-order valence-electron chi connectivity index (χ0n) is 16.1. The molecule has 0 saturated carbocycles. The van der Waals surface area contributed by atoms with Gasteiger partial charge in [0, 0.05) is 17.8 Å². The lowest BCUT2D eigenvalue weighted by Crippen LogP contribution is -2.29. The van der Waals surface area contributed by atoms with Crippen molar-refractivity contribution in [2.45, 2.75) is 6.42 Å². The van der Waals surface area contributed by atoms with Crippen molar-refractivity contribution in [1.82, 2.24) is 10.3 Å². The first-order valence-corrected chi connectivity index (χ1v) is 9.64. The highest BCUT2D eigenvalue weighted by atomic mass is 35.5. The number of halogens is 1. The molecule has 7 nitrogen and oxygen atoms in total. The van der Waals surface area contributed by atoms with Crippen LogP contribution in [0.2, 0.25) is 5.02 Å². The molecule has 1 aromatic heterocycles. The Balaban J connectivity index is 1.49. The highest BCUT2D eigenvalue weighted by molar-refractivity contribution is 6.30. The highest BCUT2D eigenvalue weighted by Gasteiger charge is 2.11. The molecule has 3 rings (SSSR count). The molecular formula is C22H21ClN4O3. The lowest BCUT2D eigenvalue weighted by atomic mass is 10.1. The number of nitrogens with two attached hydrogens (primary N) is 1. The summed E-state index contributed by atoms with van der Waals surface area (Å²) in [7, 11) is 0. The van der Waals surface area contributed by atoms with Gasteiger partial charge in [0.15, 0.2) is 12.4 Å². The molecule has 0 aliphatic heterocycles. The Labute approximate surface area is 179 Å². The number of ether oxygens (including phenoxy) is 1. The Bertz CT molecular complexity index is 995. The zero-order valence-corrected chi connectivity index (χ0v) is 16.9. The van der Waals surface area contributed by atoms with Crippen LogP contribution in [0, 0.1) is 0 Å². The number of aromatic nitrogens is 1. The number of amidine groups is 1. The second kappa shape index (κ2) is 10.8. The molecule has 8 heteroatoms. The molecule has 0 fully saturated rings. The minimum absolute atomic E-state index is 0.0583. The first-order valence-electron chi connectivity index (χ1n) is 9.26. The van der Waals surface area contributed by atoms with Gasteiger partial charge in [-0.2, -0.15) is 0 Å². The van der Waals surface area contributed by atoms with Gasteiger partial charge >= 0.3 is 0 Å². The van der Waals surface area contributed by atoms with Crippen LogP contribution in [-0.4, -0.2) is 29.9 Å². The number of rotatable bonds is 9. The van der Waals surface area contributed by atoms with E-state index in [1.165, 1.54) is 0 Å². The lowest BCUT2D eigenvalue weighted by molar-refractivity contribution is -0.125. The highest BCUT2D eigenvalue weighted by Crippen LogP contribution is 2.22. The van der Waals surface area contributed by atoms with Crippen molar-refractivity contribution in [3.63, 3.8) is 0 Å². The molecule has 2 aromatic carbocycles. The van der Waals surface area contributed by atoms with Gasteiger partial charge in [-0.25, -0.2) is 4.98 Å². The minimum atomic E-state index is -0.299. The Morgan fingerprint density at radius 3 is 2.60 bits per heavy atom. The number of para-hydroxylation sites is 1. The summed E-state index contributed by atoms with van der Waals surface area (Å²) >= 11 is 5.85. The molecular weight excluding hydrogens is 404 g/mol. The van der Waals surface area contributed by atoms with Crippen molar-refractivity contribution < 1.29 is 14.4 Å². The number of oxime groups is 1. The Hall–Kier alpha value is -3.58. The summed E-state index contributed by atoms with van der Waals surface area (Å²) in [5.41, 5.74) is 7.52. The van der Waals surface area contributed by atoms with Gasteiger partial charge in [0.25, 0.3) is 5.91 Å². The van der Waals surface area contributed by atoms with Crippen molar-refractivity contribution in [3.8, 4) is 11.6 Å². The second-order valence-corrected chi connectivity index (χ2v) is 6.68. The van der Waals surface area contributed by atoms with Gasteiger partial charge in [0.1, 0.15) is 5.75 Å². The number of hydrogen-bond donors (Lipinski definition) is 2. The summed E-state index contributed by atoms with van der Waals surface area (Å²) in [4.78, 5) is 21.2. The number of benzene rings is 2. The van der Waals surface area contributed by atoms with Gasteiger partial charge in [-0.3, -0.25) is 4.79 Å². The van der Waals surface area contributed by atoms with Crippen LogP contribution in [-0.2, 0) is 16.1 Å². The van der Waals surface area contributed by atoms with E-state index in [0.717, 1.165) is 5.56 Å². The average molecular weight is 425 g/mol. The summed E-state index contributed by atoms with van der Waals surface area (Å²) < 4.78 is 5.75. The molecule has 1 amide bonds. The summed E-state index contributed by atoms with van der Waals surface area (Å²) in [6, 6.07) is 20.1. The molecule has 3 N–H and O–H groups in total. The molecule has 3 aromatic rings. The van der Waals surface area contributed by atoms with Crippen LogP contribution in [0.3, 0.4) is 0 Å². The van der Waals surface area contributed by atoms with E-state index < -0.39 is 0 Å². The fraction of sp³-hybridized carbons (Fsp3) is 0.136. The molecule has 0 bridgehead atoms. The van der Waals surface area contributed by atoms with Crippen molar-refractivity contribution in [2.75, 3.05) is 13.2 Å². The van der Waals surface area contributed by atoms with Gasteiger partial charge in [-0.15, -0.1) is 0 Å². The van der Waals surface area contributed by atoms with E-state index in [0.29, 0.717) is 35.2 Å². The van der Waals surface area contributed by atoms with Crippen LogP contribution < -0.4 is 15.8 Å². The van der Waals surface area contributed by atoms with Crippen LogP contribution in [0.5, 0.6) is 11.6 Å². The van der Waals surface area contributed by atoms with Crippen LogP contribution in [0.25, 0.3) is 0 Å². The molecule has 0 aliphatic rings. The molecule has 0 radical (unpaired) electrons.